The minimum Gasteiger partial charge on any atom is -0.311 e. The van der Waals surface area contributed by atoms with Crippen molar-refractivity contribution in [3.8, 4) is 0 Å². The zero-order valence-electron chi connectivity index (χ0n) is 11.6. The van der Waals surface area contributed by atoms with Crippen molar-refractivity contribution in [1.82, 2.24) is 0 Å². The third-order valence-electron chi connectivity index (χ3n) is 3.39. The fourth-order valence-electron chi connectivity index (χ4n) is 2.34. The van der Waals surface area contributed by atoms with E-state index in [-0.39, 0.29) is 6.61 Å². The first-order valence-corrected chi connectivity index (χ1v) is 6.96. The monoisotopic (exact) mass is 274 g/mol. The van der Waals surface area contributed by atoms with Crippen molar-refractivity contribution in [1.29, 1.82) is 0 Å². The molecule has 0 heterocycles. The lowest BCUT2D eigenvalue weighted by atomic mass is 10.1. The molecule has 2 heteroatoms. The largest absolute Gasteiger partial charge is 0.311 e. The Morgan fingerprint density at radius 2 is 1.00 bits per heavy atom. The van der Waals surface area contributed by atoms with Crippen molar-refractivity contribution < 1.29 is 5.11 Å². The number of hydrogen-bond donors (Lipinski definition) is 0. The van der Waals surface area contributed by atoms with Gasteiger partial charge in [-0.15, -0.1) is 0 Å². The first-order chi connectivity index (χ1) is 10.4. The lowest BCUT2D eigenvalue weighted by Crippen LogP contribution is -2.09. The highest BCUT2D eigenvalue weighted by atomic mass is 16.3. The van der Waals surface area contributed by atoms with Crippen LogP contribution < -0.4 is 4.90 Å². The van der Waals surface area contributed by atoms with E-state index in [0.29, 0.717) is 0 Å². The van der Waals surface area contributed by atoms with Gasteiger partial charge < -0.3 is 4.90 Å². The Labute approximate surface area is 124 Å². The van der Waals surface area contributed by atoms with Gasteiger partial charge in [-0.1, -0.05) is 48.5 Å². The minimum absolute atomic E-state index is 0.184. The molecule has 3 rings (SSSR count). The highest BCUT2D eigenvalue weighted by Crippen LogP contribution is 2.33. The Morgan fingerprint density at radius 3 is 1.43 bits per heavy atom. The Kier molecular flexibility index (Phi) is 3.99. The number of para-hydroxylation sites is 2. The summed E-state index contributed by atoms with van der Waals surface area (Å²) in [7, 11) is 0. The molecule has 0 unspecified atom stereocenters. The van der Waals surface area contributed by atoms with Crippen LogP contribution in [0, 0.1) is 0 Å². The van der Waals surface area contributed by atoms with Gasteiger partial charge in [-0.3, -0.25) is 0 Å². The summed E-state index contributed by atoms with van der Waals surface area (Å²) in [6.07, 6.45) is 0. The summed E-state index contributed by atoms with van der Waals surface area (Å²) in [6.45, 7) is -0.184. The molecule has 0 spiro atoms. The molecule has 0 aliphatic heterocycles. The smallest absolute Gasteiger partial charge is 0.107 e. The molecule has 21 heavy (non-hydrogen) atoms. The van der Waals surface area contributed by atoms with Gasteiger partial charge in [-0.2, -0.15) is 0 Å². The van der Waals surface area contributed by atoms with Crippen LogP contribution in [0.15, 0.2) is 84.9 Å². The second kappa shape index (κ2) is 6.25. The molecular weight excluding hydrogens is 258 g/mol. The average molecular weight is 274 g/mol. The molecule has 0 aliphatic carbocycles. The first-order valence-electron chi connectivity index (χ1n) is 6.96. The van der Waals surface area contributed by atoms with Gasteiger partial charge in [0.05, 0.1) is 0 Å². The molecule has 3 aromatic carbocycles. The van der Waals surface area contributed by atoms with E-state index < -0.39 is 0 Å². The maximum absolute atomic E-state index is 10.9. The lowest BCUT2D eigenvalue weighted by molar-refractivity contribution is 0.177. The normalized spacial score (nSPS) is 10.3. The topological polar surface area (TPSA) is 23.1 Å². The molecule has 0 bridgehead atoms. The molecule has 1 radical (unpaired) electrons. The van der Waals surface area contributed by atoms with E-state index in [9.17, 15) is 5.11 Å². The third kappa shape index (κ3) is 2.96. The van der Waals surface area contributed by atoms with E-state index in [2.05, 4.69) is 29.2 Å². The lowest BCUT2D eigenvalue weighted by Gasteiger charge is -2.25. The summed E-state index contributed by atoms with van der Waals surface area (Å²) < 4.78 is 0. The van der Waals surface area contributed by atoms with E-state index in [1.807, 2.05) is 60.7 Å². The third-order valence-corrected chi connectivity index (χ3v) is 3.39. The maximum Gasteiger partial charge on any atom is 0.107 e. The second-order valence-electron chi connectivity index (χ2n) is 4.82. The van der Waals surface area contributed by atoms with Crippen LogP contribution in [0.4, 0.5) is 17.1 Å². The minimum atomic E-state index is -0.184. The molecule has 3 aromatic rings. The van der Waals surface area contributed by atoms with Crippen molar-refractivity contribution in [2.45, 2.75) is 6.61 Å². The number of anilines is 3. The quantitative estimate of drug-likeness (QED) is 0.650. The molecule has 0 fully saturated rings. The SMILES string of the molecule is [O]Cc1ccc(N(c2ccccc2)c2ccccc2)cc1. The molecule has 0 N–H and O–H groups in total. The van der Waals surface area contributed by atoms with Crippen LogP contribution in [0.25, 0.3) is 0 Å². The van der Waals surface area contributed by atoms with Gasteiger partial charge in [0.1, 0.15) is 6.61 Å². The number of hydrogen-bond acceptors (Lipinski definition) is 1. The van der Waals surface area contributed by atoms with Crippen LogP contribution >= 0.6 is 0 Å². The summed E-state index contributed by atoms with van der Waals surface area (Å²) in [4.78, 5) is 2.18. The van der Waals surface area contributed by atoms with Crippen LogP contribution in [-0.4, -0.2) is 0 Å². The van der Waals surface area contributed by atoms with Crippen molar-refractivity contribution in [2.75, 3.05) is 4.90 Å². The summed E-state index contributed by atoms with van der Waals surface area (Å²) in [5.41, 5.74) is 4.04. The fraction of sp³-hybridized carbons (Fsp3) is 0.0526. The Hall–Kier alpha value is -2.58. The zero-order valence-corrected chi connectivity index (χ0v) is 11.6. The highest BCUT2D eigenvalue weighted by Gasteiger charge is 2.11. The van der Waals surface area contributed by atoms with Crippen molar-refractivity contribution in [3.63, 3.8) is 0 Å². The molecular formula is C19H16NO. The molecule has 0 aromatic heterocycles. The van der Waals surface area contributed by atoms with Crippen LogP contribution in [0.1, 0.15) is 5.56 Å². The van der Waals surface area contributed by atoms with Gasteiger partial charge in [-0.05, 0) is 42.0 Å². The summed E-state index contributed by atoms with van der Waals surface area (Å²) >= 11 is 0. The fourth-order valence-corrected chi connectivity index (χ4v) is 2.34. The van der Waals surface area contributed by atoms with E-state index in [1.165, 1.54) is 0 Å². The summed E-state index contributed by atoms with van der Waals surface area (Å²) in [5.74, 6) is 0. The Bertz CT molecular complexity index is 638. The van der Waals surface area contributed by atoms with Crippen molar-refractivity contribution in [2.24, 2.45) is 0 Å². The van der Waals surface area contributed by atoms with Gasteiger partial charge in [0.25, 0.3) is 0 Å². The van der Waals surface area contributed by atoms with E-state index in [1.54, 1.807) is 0 Å². The van der Waals surface area contributed by atoms with Crippen LogP contribution in [0.5, 0.6) is 0 Å². The molecule has 0 saturated heterocycles. The van der Waals surface area contributed by atoms with E-state index >= 15 is 0 Å². The predicted octanol–water partition coefficient (Wildman–Crippen LogP) is 5.09. The molecule has 2 nitrogen and oxygen atoms in total. The zero-order chi connectivity index (χ0) is 14.5. The molecule has 0 aliphatic rings. The first kappa shape index (κ1) is 13.4. The number of nitrogens with zero attached hydrogens (tertiary/aromatic N) is 1. The standard InChI is InChI=1S/C19H16NO/c21-15-16-11-13-19(14-12-16)20(17-7-3-1-4-8-17)18-9-5-2-6-10-18/h1-14H,15H2. The van der Waals surface area contributed by atoms with Crippen LogP contribution in [0.2, 0.25) is 0 Å². The number of benzene rings is 3. The van der Waals surface area contributed by atoms with Gasteiger partial charge in [0.15, 0.2) is 0 Å². The molecule has 0 atom stereocenters. The molecule has 0 saturated carbocycles. The van der Waals surface area contributed by atoms with Crippen LogP contribution in [0.3, 0.4) is 0 Å². The highest BCUT2D eigenvalue weighted by molar-refractivity contribution is 5.76. The van der Waals surface area contributed by atoms with Gasteiger partial charge in [0.2, 0.25) is 0 Å². The van der Waals surface area contributed by atoms with Gasteiger partial charge in [-0.25, -0.2) is 5.11 Å². The maximum atomic E-state index is 10.9. The van der Waals surface area contributed by atoms with Gasteiger partial charge >= 0.3 is 0 Å². The Morgan fingerprint density at radius 1 is 0.571 bits per heavy atom. The second-order valence-corrected chi connectivity index (χ2v) is 4.82. The average Bonchev–Trinajstić information content (AvgIpc) is 2.58. The van der Waals surface area contributed by atoms with Crippen molar-refractivity contribution in [3.05, 3.63) is 90.5 Å². The molecule has 0 amide bonds. The predicted molar refractivity (Wildman–Crippen MR) is 85.5 cm³/mol. The summed E-state index contributed by atoms with van der Waals surface area (Å²) in [5, 5.41) is 10.9. The van der Waals surface area contributed by atoms with E-state index in [4.69, 9.17) is 0 Å². The van der Waals surface area contributed by atoms with Crippen molar-refractivity contribution >= 4 is 17.1 Å². The molecule has 103 valence electrons. The van der Waals surface area contributed by atoms with Gasteiger partial charge in [0, 0.05) is 17.1 Å². The van der Waals surface area contributed by atoms with E-state index in [0.717, 1.165) is 22.6 Å². The number of rotatable bonds is 4. The Balaban J connectivity index is 2.07. The van der Waals surface area contributed by atoms with Crippen LogP contribution in [-0.2, 0) is 11.7 Å². The summed E-state index contributed by atoms with van der Waals surface area (Å²) in [6, 6.07) is 28.2.